The Balaban J connectivity index is 1.60. The molecule has 0 radical (unpaired) electrons. The third-order valence-corrected chi connectivity index (χ3v) is 7.90. The van der Waals surface area contributed by atoms with Crippen molar-refractivity contribution in [1.29, 1.82) is 0 Å². The third kappa shape index (κ3) is 5.16. The van der Waals surface area contributed by atoms with Crippen LogP contribution in [0.1, 0.15) is 45.9 Å². The number of sulfonamides is 1. The van der Waals surface area contributed by atoms with Crippen LogP contribution in [0.3, 0.4) is 0 Å². The van der Waals surface area contributed by atoms with E-state index in [2.05, 4.69) is 68.7 Å². The van der Waals surface area contributed by atoms with Gasteiger partial charge in [-0.05, 0) is 86.1 Å². The molecule has 0 spiro atoms. The molecule has 2 atom stereocenters. The number of aromatic nitrogens is 2. The fourth-order valence-electron chi connectivity index (χ4n) is 5.20. The van der Waals surface area contributed by atoms with Gasteiger partial charge >= 0.3 is 0 Å². The highest BCUT2D eigenvalue weighted by molar-refractivity contribution is 7.92. The SMILES string of the molecule is Cc1cc(N2C(=S)N[C@H](c3ccccn3)[C@@H]2c2cc(C)n(Cc3ccccc3)c2C)ccc1NS(C)(=O)=O. The van der Waals surface area contributed by atoms with Crippen LogP contribution in [0.25, 0.3) is 0 Å². The molecule has 9 heteroatoms. The van der Waals surface area contributed by atoms with Gasteiger partial charge in [0.1, 0.15) is 0 Å². The van der Waals surface area contributed by atoms with Crippen LogP contribution in [0.15, 0.2) is 79.0 Å². The van der Waals surface area contributed by atoms with Crippen molar-refractivity contribution in [3.63, 3.8) is 0 Å². The lowest BCUT2D eigenvalue weighted by molar-refractivity contribution is 0.563. The summed E-state index contributed by atoms with van der Waals surface area (Å²) in [4.78, 5) is 6.79. The lowest BCUT2D eigenvalue weighted by atomic mass is 9.96. The third-order valence-electron chi connectivity index (χ3n) is 7.00. The molecule has 4 aromatic rings. The minimum Gasteiger partial charge on any atom is -0.351 e. The monoisotopic (exact) mass is 545 g/mol. The van der Waals surface area contributed by atoms with Gasteiger partial charge in [-0.3, -0.25) is 9.71 Å². The second-order valence-corrected chi connectivity index (χ2v) is 11.9. The van der Waals surface area contributed by atoms with Crippen LogP contribution in [0.5, 0.6) is 0 Å². The van der Waals surface area contributed by atoms with E-state index in [1.165, 1.54) is 17.0 Å². The highest BCUT2D eigenvalue weighted by Gasteiger charge is 2.42. The minimum absolute atomic E-state index is 0.152. The molecule has 196 valence electrons. The zero-order valence-electron chi connectivity index (χ0n) is 21.8. The second kappa shape index (κ2) is 10.2. The van der Waals surface area contributed by atoms with E-state index in [1.807, 2.05) is 43.3 Å². The van der Waals surface area contributed by atoms with Crippen LogP contribution >= 0.6 is 12.2 Å². The van der Waals surface area contributed by atoms with Crippen LogP contribution in [-0.4, -0.2) is 29.3 Å². The van der Waals surface area contributed by atoms with E-state index < -0.39 is 10.0 Å². The van der Waals surface area contributed by atoms with Gasteiger partial charge in [0.05, 0.1) is 29.7 Å². The van der Waals surface area contributed by atoms with Crippen molar-refractivity contribution in [3.05, 3.63) is 113 Å². The summed E-state index contributed by atoms with van der Waals surface area (Å²) in [6, 6.07) is 24.0. The number of nitrogens with one attached hydrogen (secondary N) is 2. The van der Waals surface area contributed by atoms with Gasteiger partial charge in [-0.25, -0.2) is 8.42 Å². The van der Waals surface area contributed by atoms with Gasteiger partial charge in [-0.2, -0.15) is 0 Å². The summed E-state index contributed by atoms with van der Waals surface area (Å²) in [6.45, 7) is 6.96. The molecular weight excluding hydrogens is 514 g/mol. The Morgan fingerprint density at radius 3 is 2.39 bits per heavy atom. The summed E-state index contributed by atoms with van der Waals surface area (Å²) < 4.78 is 28.6. The minimum atomic E-state index is -3.39. The van der Waals surface area contributed by atoms with E-state index in [0.29, 0.717) is 10.8 Å². The van der Waals surface area contributed by atoms with Crippen LogP contribution in [0.2, 0.25) is 0 Å². The molecule has 3 heterocycles. The van der Waals surface area contributed by atoms with Crippen molar-refractivity contribution in [2.75, 3.05) is 15.9 Å². The van der Waals surface area contributed by atoms with Crippen molar-refractivity contribution in [2.45, 2.75) is 39.4 Å². The maximum Gasteiger partial charge on any atom is 0.229 e. The number of hydrogen-bond acceptors (Lipinski definition) is 4. The lowest BCUT2D eigenvalue weighted by Crippen LogP contribution is -2.29. The Labute approximate surface area is 229 Å². The van der Waals surface area contributed by atoms with Crippen LogP contribution in [0.4, 0.5) is 11.4 Å². The highest BCUT2D eigenvalue weighted by Crippen LogP contribution is 2.44. The Bertz CT molecular complexity index is 1580. The zero-order valence-corrected chi connectivity index (χ0v) is 23.5. The van der Waals surface area contributed by atoms with Crippen molar-refractivity contribution >= 4 is 38.7 Å². The molecule has 1 aliphatic heterocycles. The Morgan fingerprint density at radius 1 is 1.00 bits per heavy atom. The van der Waals surface area contributed by atoms with Gasteiger partial charge in [0.15, 0.2) is 5.11 Å². The summed E-state index contributed by atoms with van der Waals surface area (Å²) in [5.41, 5.74) is 7.89. The number of hydrogen-bond donors (Lipinski definition) is 2. The quantitative estimate of drug-likeness (QED) is 0.303. The van der Waals surface area contributed by atoms with Crippen molar-refractivity contribution in [3.8, 4) is 0 Å². The highest BCUT2D eigenvalue weighted by atomic mass is 32.2. The fraction of sp³-hybridized carbons (Fsp3) is 0.241. The molecule has 5 rings (SSSR count). The first-order chi connectivity index (χ1) is 18.1. The summed E-state index contributed by atoms with van der Waals surface area (Å²) in [6.07, 6.45) is 2.95. The molecule has 2 aromatic heterocycles. The Morgan fingerprint density at radius 2 is 1.74 bits per heavy atom. The number of aryl methyl sites for hydroxylation is 2. The largest absolute Gasteiger partial charge is 0.351 e. The van der Waals surface area contributed by atoms with Crippen LogP contribution in [0, 0.1) is 20.8 Å². The molecule has 7 nitrogen and oxygen atoms in total. The number of benzene rings is 2. The van der Waals surface area contributed by atoms with E-state index >= 15 is 0 Å². The Hall–Kier alpha value is -3.69. The van der Waals surface area contributed by atoms with E-state index in [4.69, 9.17) is 12.2 Å². The normalized spacial score (nSPS) is 17.5. The molecule has 2 aromatic carbocycles. The summed E-state index contributed by atoms with van der Waals surface area (Å²) in [7, 11) is -3.39. The van der Waals surface area contributed by atoms with Crippen LogP contribution < -0.4 is 14.9 Å². The second-order valence-electron chi connectivity index (χ2n) is 9.77. The topological polar surface area (TPSA) is 79.3 Å². The summed E-state index contributed by atoms with van der Waals surface area (Å²) in [5.74, 6) is 0. The molecule has 38 heavy (non-hydrogen) atoms. The average Bonchev–Trinajstić information content (AvgIpc) is 3.36. The maximum absolute atomic E-state index is 11.8. The summed E-state index contributed by atoms with van der Waals surface area (Å²) in [5, 5.41) is 4.12. The molecule has 0 aliphatic carbocycles. The molecule has 2 N–H and O–H groups in total. The fourth-order valence-corrected chi connectivity index (χ4v) is 6.17. The van der Waals surface area contributed by atoms with Crippen LogP contribution in [-0.2, 0) is 16.6 Å². The first-order valence-corrected chi connectivity index (χ1v) is 14.7. The van der Waals surface area contributed by atoms with Gasteiger partial charge in [0.2, 0.25) is 10.0 Å². The van der Waals surface area contributed by atoms with Gasteiger partial charge in [0, 0.05) is 29.8 Å². The molecule has 0 saturated carbocycles. The first-order valence-electron chi connectivity index (χ1n) is 12.4. The van der Waals surface area contributed by atoms with Gasteiger partial charge in [-0.1, -0.05) is 36.4 Å². The first kappa shape index (κ1) is 25.9. The van der Waals surface area contributed by atoms with E-state index in [9.17, 15) is 8.42 Å². The molecule has 1 fully saturated rings. The summed E-state index contributed by atoms with van der Waals surface area (Å²) >= 11 is 5.90. The van der Waals surface area contributed by atoms with E-state index in [0.717, 1.165) is 35.3 Å². The number of thiocarbonyl (C=S) groups is 1. The van der Waals surface area contributed by atoms with Crippen molar-refractivity contribution < 1.29 is 8.42 Å². The maximum atomic E-state index is 11.8. The van der Waals surface area contributed by atoms with Gasteiger partial charge < -0.3 is 14.8 Å². The average molecular weight is 546 g/mol. The predicted molar refractivity (Wildman–Crippen MR) is 157 cm³/mol. The molecule has 0 bridgehead atoms. The Kier molecular flexibility index (Phi) is 6.98. The molecular formula is C29H31N5O2S2. The number of pyridine rings is 1. The molecule has 0 amide bonds. The van der Waals surface area contributed by atoms with Gasteiger partial charge in [0.25, 0.3) is 0 Å². The smallest absolute Gasteiger partial charge is 0.229 e. The molecule has 0 unspecified atom stereocenters. The zero-order chi connectivity index (χ0) is 27.0. The molecule has 1 aliphatic rings. The number of rotatable bonds is 7. The number of anilines is 2. The van der Waals surface area contributed by atoms with E-state index in [1.54, 1.807) is 12.3 Å². The van der Waals surface area contributed by atoms with Crippen molar-refractivity contribution in [2.24, 2.45) is 0 Å². The number of nitrogens with zero attached hydrogens (tertiary/aromatic N) is 3. The predicted octanol–water partition coefficient (Wildman–Crippen LogP) is 5.41. The van der Waals surface area contributed by atoms with E-state index in [-0.39, 0.29) is 12.1 Å². The molecule has 1 saturated heterocycles. The lowest BCUT2D eigenvalue weighted by Gasteiger charge is -2.29. The standard InChI is InChI=1S/C29H31N5O2S2/c1-19-16-23(13-14-25(19)32-38(4,35)36)34-28(27(31-29(34)37)26-12-8-9-15-30-26)24-17-20(2)33(21(24)3)18-22-10-6-5-7-11-22/h5-17,27-28,32H,18H2,1-4H3,(H,31,37)/t27-,28+/m1/s1. The van der Waals surface area contributed by atoms with Gasteiger partial charge in [-0.15, -0.1) is 0 Å². The van der Waals surface area contributed by atoms with Crippen molar-refractivity contribution in [1.82, 2.24) is 14.9 Å².